The van der Waals surface area contributed by atoms with Crippen LogP contribution in [0.15, 0.2) is 23.2 Å². The highest BCUT2D eigenvalue weighted by Gasteiger charge is 2.36. The second-order valence-corrected chi connectivity index (χ2v) is 9.30. The maximum atomic E-state index is 12.8. The van der Waals surface area contributed by atoms with Crippen LogP contribution in [0.5, 0.6) is 0 Å². The summed E-state index contributed by atoms with van der Waals surface area (Å²) < 4.78 is 25.5. The molecule has 160 valence electrons. The molecule has 2 aliphatic heterocycles. The van der Waals surface area contributed by atoms with Crippen molar-refractivity contribution in [2.75, 3.05) is 26.2 Å². The predicted molar refractivity (Wildman–Crippen MR) is 107 cm³/mol. The van der Waals surface area contributed by atoms with Crippen LogP contribution in [0.3, 0.4) is 0 Å². The molecule has 29 heavy (non-hydrogen) atoms. The van der Waals surface area contributed by atoms with Crippen molar-refractivity contribution in [3.63, 3.8) is 0 Å². The van der Waals surface area contributed by atoms with E-state index in [1.165, 1.54) is 6.20 Å². The number of carbonyl (C=O) groups is 2. The fourth-order valence-electron chi connectivity index (χ4n) is 3.58. The molecule has 3 amide bonds. The summed E-state index contributed by atoms with van der Waals surface area (Å²) in [5.74, 6) is 0. The van der Waals surface area contributed by atoms with Gasteiger partial charge in [0, 0.05) is 38.4 Å². The van der Waals surface area contributed by atoms with Gasteiger partial charge in [0.15, 0.2) is 11.1 Å². The van der Waals surface area contributed by atoms with Crippen LogP contribution < -0.4 is 0 Å². The Kier molecular flexibility index (Phi) is 6.42. The van der Waals surface area contributed by atoms with Gasteiger partial charge in [-0.1, -0.05) is 0 Å². The van der Waals surface area contributed by atoms with Gasteiger partial charge >= 0.3 is 12.1 Å². The number of ether oxygens (including phenoxy) is 1. The van der Waals surface area contributed by atoms with E-state index in [-0.39, 0.29) is 23.1 Å². The van der Waals surface area contributed by atoms with E-state index in [0.717, 1.165) is 12.8 Å². The first-order valence-electron chi connectivity index (χ1n) is 9.73. The normalized spacial score (nSPS) is 19.6. The predicted octanol–water partition coefficient (Wildman–Crippen LogP) is 2.30. The summed E-state index contributed by atoms with van der Waals surface area (Å²) in [6.45, 7) is 8.32. The Labute approximate surface area is 173 Å². The zero-order valence-electron chi connectivity index (χ0n) is 17.0. The van der Waals surface area contributed by atoms with Gasteiger partial charge in [0.1, 0.15) is 5.60 Å². The summed E-state index contributed by atoms with van der Waals surface area (Å²) in [6.07, 6.45) is 2.52. The molecule has 0 aliphatic carbocycles. The van der Waals surface area contributed by atoms with E-state index in [2.05, 4.69) is 4.98 Å². The van der Waals surface area contributed by atoms with E-state index in [1.807, 2.05) is 25.7 Å². The minimum Gasteiger partial charge on any atom is -0.444 e. The molecule has 1 atom stereocenters. The molecule has 1 aromatic rings. The third kappa shape index (κ3) is 5.45. The van der Waals surface area contributed by atoms with E-state index in [9.17, 15) is 13.8 Å². The molecule has 1 N–H and O–H groups in total. The molecule has 0 aromatic carbocycles. The van der Waals surface area contributed by atoms with Crippen molar-refractivity contribution in [2.24, 2.45) is 0 Å². The number of rotatable bonds is 4. The number of likely N-dealkylation sites (tertiary alicyclic amines) is 1. The van der Waals surface area contributed by atoms with Gasteiger partial charge in [-0.2, -0.15) is 0 Å². The largest absolute Gasteiger partial charge is 0.444 e. The molecule has 0 bridgehead atoms. The van der Waals surface area contributed by atoms with Crippen molar-refractivity contribution >= 4 is 23.2 Å². The monoisotopic (exact) mass is 424 g/mol. The number of aromatic nitrogens is 1. The average Bonchev–Trinajstić information content (AvgIpc) is 3.01. The summed E-state index contributed by atoms with van der Waals surface area (Å²) >= 11 is -2.06. The molecule has 3 heterocycles. The highest BCUT2D eigenvalue weighted by atomic mass is 32.2. The molecule has 2 aliphatic rings. The molecule has 9 nitrogen and oxygen atoms in total. The molecular weight excluding hydrogens is 396 g/mol. The Balaban J connectivity index is 1.51. The van der Waals surface area contributed by atoms with Gasteiger partial charge in [-0.25, -0.2) is 13.8 Å². The lowest BCUT2D eigenvalue weighted by Crippen LogP contribution is -2.49. The Morgan fingerprint density at radius 3 is 2.48 bits per heavy atom. The molecule has 0 radical (unpaired) electrons. The number of amides is 3. The first-order valence-corrected chi connectivity index (χ1v) is 10.8. The third-order valence-electron chi connectivity index (χ3n) is 5.04. The minimum absolute atomic E-state index is 0.0303. The minimum atomic E-state index is -2.06. The molecule has 3 rings (SSSR count). The number of hydrogen-bond acceptors (Lipinski definition) is 5. The first kappa shape index (κ1) is 21.5. The van der Waals surface area contributed by atoms with Gasteiger partial charge in [0.2, 0.25) is 0 Å². The average molecular weight is 425 g/mol. The van der Waals surface area contributed by atoms with Crippen LogP contribution in [-0.2, 0) is 22.4 Å². The molecule has 0 spiro atoms. The molecule has 10 heteroatoms. The Hall–Kier alpha value is -2.20. The van der Waals surface area contributed by atoms with Crippen molar-refractivity contribution < 1.29 is 23.1 Å². The maximum Gasteiger partial charge on any atom is 0.410 e. The maximum absolute atomic E-state index is 12.8. The van der Waals surface area contributed by atoms with Crippen LogP contribution in [0.1, 0.15) is 39.3 Å². The van der Waals surface area contributed by atoms with Crippen molar-refractivity contribution in [2.45, 2.75) is 56.7 Å². The van der Waals surface area contributed by atoms with Gasteiger partial charge in [0.05, 0.1) is 17.1 Å². The summed E-state index contributed by atoms with van der Waals surface area (Å²) in [5.41, 5.74) is 0.159. The second kappa shape index (κ2) is 8.66. The lowest BCUT2D eigenvalue weighted by atomic mass is 10.0. The van der Waals surface area contributed by atoms with E-state index < -0.39 is 16.7 Å². The van der Waals surface area contributed by atoms with Gasteiger partial charge in [-0.3, -0.25) is 4.98 Å². The van der Waals surface area contributed by atoms with E-state index >= 15 is 0 Å². The Morgan fingerprint density at radius 2 is 1.93 bits per heavy atom. The Morgan fingerprint density at radius 1 is 1.24 bits per heavy atom. The molecular formula is C19H28N4O5S. The van der Waals surface area contributed by atoms with Gasteiger partial charge < -0.3 is 24.0 Å². The number of nitrogens with zero attached hydrogens (tertiary/aromatic N) is 4. The van der Waals surface area contributed by atoms with Crippen molar-refractivity contribution in [3.05, 3.63) is 24.0 Å². The van der Waals surface area contributed by atoms with Crippen LogP contribution in [0.2, 0.25) is 0 Å². The lowest BCUT2D eigenvalue weighted by molar-refractivity contribution is 0.0170. The number of hydrogen-bond donors (Lipinski definition) is 1. The van der Waals surface area contributed by atoms with Crippen LogP contribution in [-0.4, -0.2) is 78.4 Å². The molecule has 0 saturated carbocycles. The van der Waals surface area contributed by atoms with Crippen LogP contribution in [0.25, 0.3) is 0 Å². The number of pyridine rings is 1. The van der Waals surface area contributed by atoms with E-state index in [0.29, 0.717) is 38.4 Å². The van der Waals surface area contributed by atoms with Crippen molar-refractivity contribution in [1.82, 2.24) is 19.7 Å². The fourth-order valence-corrected chi connectivity index (χ4v) is 3.90. The van der Waals surface area contributed by atoms with Crippen LogP contribution in [0, 0.1) is 0 Å². The zero-order chi connectivity index (χ0) is 21.2. The van der Waals surface area contributed by atoms with Gasteiger partial charge in [-0.05, 0) is 45.7 Å². The van der Waals surface area contributed by atoms with E-state index in [4.69, 9.17) is 9.29 Å². The summed E-state index contributed by atoms with van der Waals surface area (Å²) in [6, 6.07) is 3.29. The highest BCUT2D eigenvalue weighted by Crippen LogP contribution is 2.23. The van der Waals surface area contributed by atoms with Crippen molar-refractivity contribution in [1.29, 1.82) is 0 Å². The topological polar surface area (TPSA) is 103 Å². The third-order valence-corrected chi connectivity index (χ3v) is 5.68. The number of urea groups is 1. The molecule has 2 fully saturated rings. The standard InChI is InChI=1S/C19H28N4O5S/c1-19(2,3)28-18(25)21-8-6-15(7-9-21)23-11-10-22(17(23)24)13-14-4-5-16(12-20-14)29(26)27/h4-5,12,15H,6-11,13H2,1-3H3,(H,26,27). The summed E-state index contributed by atoms with van der Waals surface area (Å²) in [5, 5.41) is 0. The second-order valence-electron chi connectivity index (χ2n) is 8.33. The van der Waals surface area contributed by atoms with Crippen LogP contribution in [0.4, 0.5) is 9.59 Å². The zero-order valence-corrected chi connectivity index (χ0v) is 17.9. The molecule has 2 saturated heterocycles. The van der Waals surface area contributed by atoms with E-state index in [1.54, 1.807) is 21.9 Å². The summed E-state index contributed by atoms with van der Waals surface area (Å²) in [7, 11) is 0. The highest BCUT2D eigenvalue weighted by molar-refractivity contribution is 7.79. The molecule has 1 aromatic heterocycles. The first-order chi connectivity index (χ1) is 13.6. The van der Waals surface area contributed by atoms with Crippen LogP contribution >= 0.6 is 0 Å². The number of carbonyl (C=O) groups excluding carboxylic acids is 2. The SMILES string of the molecule is CC(C)(C)OC(=O)N1CCC(N2CCN(Cc3ccc(S(=O)O)cn3)C2=O)CC1. The lowest BCUT2D eigenvalue weighted by Gasteiger charge is -2.37. The fraction of sp³-hybridized carbons (Fsp3) is 0.632. The molecule has 1 unspecified atom stereocenters. The Bertz CT molecular complexity index is 772. The smallest absolute Gasteiger partial charge is 0.410 e. The van der Waals surface area contributed by atoms with Gasteiger partial charge in [0.25, 0.3) is 0 Å². The van der Waals surface area contributed by atoms with Gasteiger partial charge in [-0.15, -0.1) is 0 Å². The number of piperidine rings is 1. The quantitative estimate of drug-likeness (QED) is 0.744. The summed E-state index contributed by atoms with van der Waals surface area (Å²) in [4.78, 5) is 34.7. The van der Waals surface area contributed by atoms with Crippen molar-refractivity contribution in [3.8, 4) is 0 Å².